The first kappa shape index (κ1) is 17.6. The summed E-state index contributed by atoms with van der Waals surface area (Å²) in [6.07, 6.45) is 1.81. The minimum atomic E-state index is -0.469. The molecule has 4 aromatic rings. The van der Waals surface area contributed by atoms with Gasteiger partial charge in [-0.25, -0.2) is 9.37 Å². The van der Waals surface area contributed by atoms with Gasteiger partial charge >= 0.3 is 0 Å². The lowest BCUT2D eigenvalue weighted by Crippen LogP contribution is -2.29. The minimum absolute atomic E-state index is 0.164. The number of H-pyrrole nitrogens is 1. The zero-order chi connectivity index (χ0) is 19.0. The van der Waals surface area contributed by atoms with Gasteiger partial charge in [-0.05, 0) is 30.3 Å². The number of nitrogens with zero attached hydrogens (tertiary/aromatic N) is 1. The van der Waals surface area contributed by atoms with E-state index in [0.717, 1.165) is 20.9 Å². The van der Waals surface area contributed by atoms with E-state index < -0.39 is 5.82 Å². The molecular formula is C20H16BrFN4O. The summed E-state index contributed by atoms with van der Waals surface area (Å²) in [5.74, 6) is -0.774. The van der Waals surface area contributed by atoms with E-state index in [-0.39, 0.29) is 11.4 Å². The summed E-state index contributed by atoms with van der Waals surface area (Å²) in [5, 5.41) is 4.15. The first-order chi connectivity index (χ1) is 13.1. The molecule has 0 saturated heterocycles. The van der Waals surface area contributed by atoms with E-state index >= 15 is 0 Å². The van der Waals surface area contributed by atoms with Crippen LogP contribution in [0.3, 0.4) is 0 Å². The van der Waals surface area contributed by atoms with Gasteiger partial charge in [-0.3, -0.25) is 4.79 Å². The molecule has 0 aliphatic rings. The van der Waals surface area contributed by atoms with Crippen LogP contribution in [0.15, 0.2) is 53.1 Å². The fourth-order valence-electron chi connectivity index (χ4n) is 3.13. The molecule has 0 aliphatic heterocycles. The Morgan fingerprint density at radius 3 is 2.89 bits per heavy atom. The molecule has 0 aliphatic carbocycles. The molecule has 2 aromatic heterocycles. The van der Waals surface area contributed by atoms with Gasteiger partial charge in [-0.2, -0.15) is 0 Å². The van der Waals surface area contributed by atoms with E-state index in [1.54, 1.807) is 18.2 Å². The second kappa shape index (κ2) is 7.09. The quantitative estimate of drug-likeness (QED) is 0.461. The molecule has 1 amide bonds. The highest BCUT2D eigenvalue weighted by Crippen LogP contribution is 2.32. The number of amides is 1. The van der Waals surface area contributed by atoms with Gasteiger partial charge in [0.25, 0.3) is 5.91 Å². The molecule has 27 heavy (non-hydrogen) atoms. The van der Waals surface area contributed by atoms with E-state index in [4.69, 9.17) is 5.73 Å². The lowest BCUT2D eigenvalue weighted by molar-refractivity contribution is 0.0956. The second-order valence-corrected chi connectivity index (χ2v) is 7.04. The summed E-state index contributed by atoms with van der Waals surface area (Å²) in [4.78, 5) is 20.3. The van der Waals surface area contributed by atoms with Crippen LogP contribution in [0.5, 0.6) is 0 Å². The maximum Gasteiger partial charge on any atom is 0.252 e. The third-order valence-electron chi connectivity index (χ3n) is 4.38. The van der Waals surface area contributed by atoms with E-state index in [0.29, 0.717) is 29.7 Å². The van der Waals surface area contributed by atoms with Gasteiger partial charge in [0.15, 0.2) is 0 Å². The van der Waals surface area contributed by atoms with Crippen molar-refractivity contribution in [3.63, 3.8) is 0 Å². The predicted molar refractivity (Wildman–Crippen MR) is 108 cm³/mol. The van der Waals surface area contributed by atoms with E-state index in [1.807, 2.05) is 24.4 Å². The number of rotatable bonds is 4. The number of nitrogens with one attached hydrogen (secondary N) is 2. The second-order valence-electron chi connectivity index (χ2n) is 6.13. The molecule has 0 radical (unpaired) electrons. The number of carbonyl (C=O) groups excluding carboxylic acids is 1. The van der Waals surface area contributed by atoms with Crippen LogP contribution < -0.4 is 11.1 Å². The van der Waals surface area contributed by atoms with E-state index in [2.05, 4.69) is 31.2 Å². The number of halogens is 2. The van der Waals surface area contributed by atoms with Crippen LogP contribution in [0, 0.1) is 5.82 Å². The van der Waals surface area contributed by atoms with Gasteiger partial charge < -0.3 is 16.0 Å². The van der Waals surface area contributed by atoms with Gasteiger partial charge in [0.05, 0.1) is 11.3 Å². The van der Waals surface area contributed by atoms with Crippen LogP contribution in [0.2, 0.25) is 0 Å². The molecule has 0 unspecified atom stereocenters. The molecule has 2 heterocycles. The summed E-state index contributed by atoms with van der Waals surface area (Å²) >= 11 is 3.47. The summed E-state index contributed by atoms with van der Waals surface area (Å²) in [7, 11) is 0. The summed E-state index contributed by atoms with van der Waals surface area (Å²) < 4.78 is 15.4. The van der Waals surface area contributed by atoms with Crippen LogP contribution in [0.1, 0.15) is 10.4 Å². The molecular weight excluding hydrogens is 411 g/mol. The molecule has 0 bridgehead atoms. The third-order valence-corrected chi connectivity index (χ3v) is 4.88. The number of para-hydroxylation sites is 1. The highest BCUT2D eigenvalue weighted by atomic mass is 79.9. The Labute approximate surface area is 162 Å². The normalized spacial score (nSPS) is 11.2. The van der Waals surface area contributed by atoms with Crippen LogP contribution in [0.4, 0.5) is 4.39 Å². The number of aromatic amines is 1. The number of pyridine rings is 1. The van der Waals surface area contributed by atoms with Crippen molar-refractivity contribution in [2.45, 2.75) is 0 Å². The monoisotopic (exact) mass is 426 g/mol. The summed E-state index contributed by atoms with van der Waals surface area (Å²) in [6.45, 7) is 0.666. The number of fused-ring (bicyclic) bond motifs is 2. The molecule has 4 rings (SSSR count). The van der Waals surface area contributed by atoms with E-state index in [9.17, 15) is 9.18 Å². The predicted octanol–water partition coefficient (Wildman–Crippen LogP) is 3.97. The molecule has 2 aromatic carbocycles. The fourth-order valence-corrected chi connectivity index (χ4v) is 3.49. The van der Waals surface area contributed by atoms with Crippen LogP contribution in [-0.2, 0) is 0 Å². The Morgan fingerprint density at radius 1 is 1.22 bits per heavy atom. The molecule has 0 atom stereocenters. The standard InChI is InChI=1S/C20H16BrFN4O/c21-11-4-5-17-13(8-11)15(10-25-17)18-9-14(20(27)24-7-6-23)12-2-1-3-16(22)19(12)26-18/h1-5,8-10,25H,6-7,23H2,(H,24,27). The molecule has 0 spiro atoms. The van der Waals surface area contributed by atoms with Gasteiger partial charge in [0.1, 0.15) is 11.3 Å². The summed E-state index contributed by atoms with van der Waals surface area (Å²) in [5.41, 5.74) is 8.26. The fraction of sp³-hybridized carbons (Fsp3) is 0.100. The average molecular weight is 427 g/mol. The zero-order valence-corrected chi connectivity index (χ0v) is 15.8. The van der Waals surface area contributed by atoms with Crippen molar-refractivity contribution in [3.8, 4) is 11.3 Å². The zero-order valence-electron chi connectivity index (χ0n) is 14.2. The van der Waals surface area contributed by atoms with Crippen molar-refractivity contribution < 1.29 is 9.18 Å². The number of hydrogen-bond donors (Lipinski definition) is 3. The third kappa shape index (κ3) is 3.20. The number of hydrogen-bond acceptors (Lipinski definition) is 3. The number of aromatic nitrogens is 2. The summed E-state index contributed by atoms with van der Waals surface area (Å²) in [6, 6.07) is 12.1. The highest BCUT2D eigenvalue weighted by molar-refractivity contribution is 9.10. The van der Waals surface area contributed by atoms with Gasteiger partial charge in [-0.1, -0.05) is 28.1 Å². The van der Waals surface area contributed by atoms with Gasteiger partial charge in [0.2, 0.25) is 0 Å². The molecule has 7 heteroatoms. The van der Waals surface area contributed by atoms with Crippen molar-refractivity contribution >= 4 is 43.6 Å². The molecule has 136 valence electrons. The Balaban J connectivity index is 1.96. The minimum Gasteiger partial charge on any atom is -0.360 e. The number of carbonyl (C=O) groups is 1. The first-order valence-electron chi connectivity index (χ1n) is 8.43. The number of benzene rings is 2. The molecule has 4 N–H and O–H groups in total. The highest BCUT2D eigenvalue weighted by Gasteiger charge is 2.17. The Hall–Kier alpha value is -2.77. The number of nitrogens with two attached hydrogens (primary N) is 1. The van der Waals surface area contributed by atoms with Gasteiger partial charge in [-0.15, -0.1) is 0 Å². The largest absolute Gasteiger partial charge is 0.360 e. The maximum absolute atomic E-state index is 14.5. The Bertz CT molecular complexity index is 1170. The lowest BCUT2D eigenvalue weighted by Gasteiger charge is -2.10. The molecule has 0 saturated carbocycles. The Kier molecular flexibility index (Phi) is 4.63. The molecule has 0 fully saturated rings. The van der Waals surface area contributed by atoms with Crippen molar-refractivity contribution in [3.05, 3.63) is 64.5 Å². The van der Waals surface area contributed by atoms with E-state index in [1.165, 1.54) is 6.07 Å². The van der Waals surface area contributed by atoms with Crippen molar-refractivity contribution in [2.24, 2.45) is 5.73 Å². The van der Waals surface area contributed by atoms with Crippen molar-refractivity contribution in [2.75, 3.05) is 13.1 Å². The smallest absolute Gasteiger partial charge is 0.252 e. The Morgan fingerprint density at radius 2 is 2.07 bits per heavy atom. The topological polar surface area (TPSA) is 83.8 Å². The average Bonchev–Trinajstić information content (AvgIpc) is 3.08. The van der Waals surface area contributed by atoms with Gasteiger partial charge in [0, 0.05) is 45.6 Å². The first-order valence-corrected chi connectivity index (χ1v) is 9.22. The maximum atomic E-state index is 14.5. The van der Waals surface area contributed by atoms with Crippen LogP contribution in [0.25, 0.3) is 33.1 Å². The SMILES string of the molecule is NCCNC(=O)c1cc(-c2c[nH]c3ccc(Br)cc23)nc2c(F)cccc12. The van der Waals surface area contributed by atoms with Crippen molar-refractivity contribution in [1.29, 1.82) is 0 Å². The van der Waals surface area contributed by atoms with Crippen LogP contribution in [-0.4, -0.2) is 29.0 Å². The van der Waals surface area contributed by atoms with Crippen molar-refractivity contribution in [1.82, 2.24) is 15.3 Å². The molecule has 5 nitrogen and oxygen atoms in total. The van der Waals surface area contributed by atoms with Crippen LogP contribution >= 0.6 is 15.9 Å². The lowest BCUT2D eigenvalue weighted by atomic mass is 10.0.